The summed E-state index contributed by atoms with van der Waals surface area (Å²) in [7, 11) is 1.32. The van der Waals surface area contributed by atoms with E-state index >= 15 is 0 Å². The number of esters is 1. The highest BCUT2D eigenvalue weighted by Gasteiger charge is 2.14. The first-order valence-electron chi connectivity index (χ1n) is 8.52. The molecule has 0 radical (unpaired) electrons. The Morgan fingerprint density at radius 1 is 1.04 bits per heavy atom. The Balaban J connectivity index is 1.60. The van der Waals surface area contributed by atoms with Gasteiger partial charge in [-0.05, 0) is 35.0 Å². The lowest BCUT2D eigenvalue weighted by Crippen LogP contribution is -2.14. The Morgan fingerprint density at radius 2 is 1.89 bits per heavy atom. The first-order chi connectivity index (χ1) is 13.2. The van der Waals surface area contributed by atoms with Crippen molar-refractivity contribution in [3.63, 3.8) is 0 Å². The van der Waals surface area contributed by atoms with E-state index in [4.69, 9.17) is 9.15 Å². The fraction of sp³-hybridized carbons (Fsp3) is 0.0909. The van der Waals surface area contributed by atoms with Gasteiger partial charge in [0.05, 0.1) is 25.4 Å². The largest absolute Gasteiger partial charge is 0.465 e. The lowest BCUT2D eigenvalue weighted by atomic mass is 10.0. The predicted molar refractivity (Wildman–Crippen MR) is 104 cm³/mol. The number of benzene rings is 3. The van der Waals surface area contributed by atoms with Gasteiger partial charge in [0.2, 0.25) is 5.91 Å². The quantitative estimate of drug-likeness (QED) is 0.543. The van der Waals surface area contributed by atoms with Crippen LogP contribution in [0.2, 0.25) is 0 Å². The first kappa shape index (κ1) is 16.8. The number of amides is 1. The maximum Gasteiger partial charge on any atom is 0.337 e. The molecule has 0 saturated carbocycles. The van der Waals surface area contributed by atoms with Crippen LogP contribution < -0.4 is 5.32 Å². The SMILES string of the molecule is COC(=O)c1cccc(NC(=O)Cc2coc3ccc4ccccc4c23)c1. The summed E-state index contributed by atoms with van der Waals surface area (Å²) in [6.45, 7) is 0. The van der Waals surface area contributed by atoms with Gasteiger partial charge in [-0.15, -0.1) is 0 Å². The van der Waals surface area contributed by atoms with Crippen molar-refractivity contribution < 1.29 is 18.7 Å². The molecule has 5 heteroatoms. The zero-order valence-corrected chi connectivity index (χ0v) is 14.7. The van der Waals surface area contributed by atoms with E-state index < -0.39 is 5.97 Å². The summed E-state index contributed by atoms with van der Waals surface area (Å²) in [6, 6.07) is 18.6. The molecule has 1 amide bonds. The van der Waals surface area contributed by atoms with Crippen LogP contribution in [0.15, 0.2) is 71.3 Å². The van der Waals surface area contributed by atoms with Gasteiger partial charge < -0.3 is 14.5 Å². The maximum absolute atomic E-state index is 12.5. The summed E-state index contributed by atoms with van der Waals surface area (Å²) < 4.78 is 10.3. The van der Waals surface area contributed by atoms with E-state index in [-0.39, 0.29) is 12.3 Å². The van der Waals surface area contributed by atoms with Crippen LogP contribution in [0.5, 0.6) is 0 Å². The fourth-order valence-electron chi connectivity index (χ4n) is 3.22. The lowest BCUT2D eigenvalue weighted by molar-refractivity contribution is -0.115. The van der Waals surface area contributed by atoms with Crippen molar-refractivity contribution in [3.8, 4) is 0 Å². The second-order valence-corrected chi connectivity index (χ2v) is 6.22. The summed E-state index contributed by atoms with van der Waals surface area (Å²) in [5, 5.41) is 5.93. The minimum atomic E-state index is -0.446. The van der Waals surface area contributed by atoms with E-state index in [1.807, 2.05) is 36.4 Å². The molecule has 0 saturated heterocycles. The summed E-state index contributed by atoms with van der Waals surface area (Å²) in [5.74, 6) is -0.633. The molecule has 0 aliphatic rings. The van der Waals surface area contributed by atoms with Gasteiger partial charge in [0, 0.05) is 16.6 Å². The molecule has 4 rings (SSSR count). The van der Waals surface area contributed by atoms with Crippen LogP contribution in [0.25, 0.3) is 21.7 Å². The van der Waals surface area contributed by atoms with Crippen molar-refractivity contribution in [1.29, 1.82) is 0 Å². The van der Waals surface area contributed by atoms with Crippen LogP contribution >= 0.6 is 0 Å². The number of anilines is 1. The molecule has 1 aromatic heterocycles. The van der Waals surface area contributed by atoms with Crippen LogP contribution in [0.4, 0.5) is 5.69 Å². The number of nitrogens with one attached hydrogen (secondary N) is 1. The van der Waals surface area contributed by atoms with Crippen LogP contribution in [0.3, 0.4) is 0 Å². The molecule has 4 aromatic rings. The van der Waals surface area contributed by atoms with Crippen molar-refractivity contribution >= 4 is 39.3 Å². The number of ether oxygens (including phenoxy) is 1. The van der Waals surface area contributed by atoms with E-state index in [2.05, 4.69) is 5.32 Å². The molecular weight excluding hydrogens is 342 g/mol. The maximum atomic E-state index is 12.5. The van der Waals surface area contributed by atoms with Crippen molar-refractivity contribution in [3.05, 3.63) is 78.1 Å². The Labute approximate surface area is 155 Å². The summed E-state index contributed by atoms with van der Waals surface area (Å²) in [6.07, 6.45) is 1.80. The molecular formula is C22H17NO4. The number of methoxy groups -OCH3 is 1. The summed E-state index contributed by atoms with van der Waals surface area (Å²) in [5.41, 5.74) is 2.50. The van der Waals surface area contributed by atoms with Crippen LogP contribution in [-0.4, -0.2) is 19.0 Å². The average molecular weight is 359 g/mol. The van der Waals surface area contributed by atoms with Crippen molar-refractivity contribution in [2.75, 3.05) is 12.4 Å². The molecule has 1 N–H and O–H groups in total. The van der Waals surface area contributed by atoms with Crippen LogP contribution in [0.1, 0.15) is 15.9 Å². The van der Waals surface area contributed by atoms with Crippen LogP contribution in [-0.2, 0) is 16.0 Å². The van der Waals surface area contributed by atoms with E-state index in [1.165, 1.54) is 7.11 Å². The van der Waals surface area contributed by atoms with Gasteiger partial charge in [0.1, 0.15) is 5.58 Å². The molecule has 0 spiro atoms. The normalized spacial score (nSPS) is 10.9. The number of fused-ring (bicyclic) bond motifs is 3. The number of carbonyl (C=O) groups excluding carboxylic acids is 2. The van der Waals surface area contributed by atoms with E-state index in [1.54, 1.807) is 30.5 Å². The molecule has 0 aliphatic heterocycles. The molecule has 27 heavy (non-hydrogen) atoms. The monoisotopic (exact) mass is 359 g/mol. The molecule has 3 aromatic carbocycles. The number of hydrogen-bond acceptors (Lipinski definition) is 4. The first-order valence-corrected chi connectivity index (χ1v) is 8.52. The van der Waals surface area contributed by atoms with Gasteiger partial charge in [-0.1, -0.05) is 36.4 Å². The van der Waals surface area contributed by atoms with Crippen LogP contribution in [0, 0.1) is 0 Å². The third-order valence-electron chi connectivity index (χ3n) is 4.46. The average Bonchev–Trinajstić information content (AvgIpc) is 3.10. The van der Waals surface area contributed by atoms with E-state index in [9.17, 15) is 9.59 Å². The molecule has 5 nitrogen and oxygen atoms in total. The topological polar surface area (TPSA) is 68.5 Å². The Morgan fingerprint density at radius 3 is 2.74 bits per heavy atom. The number of rotatable bonds is 4. The third-order valence-corrected chi connectivity index (χ3v) is 4.46. The summed E-state index contributed by atoms with van der Waals surface area (Å²) >= 11 is 0. The molecule has 0 atom stereocenters. The highest BCUT2D eigenvalue weighted by molar-refractivity contribution is 6.09. The molecule has 134 valence electrons. The second-order valence-electron chi connectivity index (χ2n) is 6.22. The third kappa shape index (κ3) is 3.27. The molecule has 0 bridgehead atoms. The fourth-order valence-corrected chi connectivity index (χ4v) is 3.22. The Bertz CT molecular complexity index is 1160. The van der Waals surface area contributed by atoms with Gasteiger partial charge >= 0.3 is 5.97 Å². The van der Waals surface area contributed by atoms with E-state index in [0.29, 0.717) is 11.3 Å². The predicted octanol–water partition coefficient (Wildman–Crippen LogP) is 4.55. The van der Waals surface area contributed by atoms with Crippen molar-refractivity contribution in [1.82, 2.24) is 0 Å². The van der Waals surface area contributed by atoms with Crippen molar-refractivity contribution in [2.45, 2.75) is 6.42 Å². The van der Waals surface area contributed by atoms with Crippen molar-refractivity contribution in [2.24, 2.45) is 0 Å². The van der Waals surface area contributed by atoms with E-state index in [0.717, 1.165) is 27.3 Å². The zero-order chi connectivity index (χ0) is 18.8. The highest BCUT2D eigenvalue weighted by Crippen LogP contribution is 2.30. The van der Waals surface area contributed by atoms with Gasteiger partial charge in [0.25, 0.3) is 0 Å². The minimum absolute atomic E-state index is 0.170. The minimum Gasteiger partial charge on any atom is -0.465 e. The molecule has 0 unspecified atom stereocenters. The lowest BCUT2D eigenvalue weighted by Gasteiger charge is -2.07. The standard InChI is InChI=1S/C22H17NO4/c1-26-22(25)15-6-4-7-17(11-15)23-20(24)12-16-13-27-19-10-9-14-5-2-3-8-18(14)21(16)19/h2-11,13H,12H2,1H3,(H,23,24). The zero-order valence-electron chi connectivity index (χ0n) is 14.7. The second kappa shape index (κ2) is 6.96. The van der Waals surface area contributed by atoms with Gasteiger partial charge in [-0.3, -0.25) is 4.79 Å². The molecule has 1 heterocycles. The molecule has 0 aliphatic carbocycles. The Kier molecular flexibility index (Phi) is 4.34. The summed E-state index contributed by atoms with van der Waals surface area (Å²) in [4.78, 5) is 24.2. The smallest absolute Gasteiger partial charge is 0.337 e. The number of hydrogen-bond donors (Lipinski definition) is 1. The highest BCUT2D eigenvalue weighted by atomic mass is 16.5. The van der Waals surface area contributed by atoms with Gasteiger partial charge in [-0.25, -0.2) is 4.79 Å². The van der Waals surface area contributed by atoms with Gasteiger partial charge in [0.15, 0.2) is 0 Å². The number of carbonyl (C=O) groups is 2. The Hall–Kier alpha value is -3.60. The number of furan rings is 1. The molecule has 0 fully saturated rings. The van der Waals surface area contributed by atoms with Gasteiger partial charge in [-0.2, -0.15) is 0 Å².